The summed E-state index contributed by atoms with van der Waals surface area (Å²) >= 11 is 13.1. The second-order valence-electron chi connectivity index (χ2n) is 3.98. The van der Waals surface area contributed by atoms with Crippen LogP contribution in [0.5, 0.6) is 0 Å². The monoisotopic (exact) mass is 277 g/mol. The van der Waals surface area contributed by atoms with Crippen molar-refractivity contribution in [2.75, 3.05) is 19.0 Å². The molecule has 0 aromatic carbocycles. The van der Waals surface area contributed by atoms with Gasteiger partial charge < -0.3 is 4.90 Å². The third-order valence-electron chi connectivity index (χ3n) is 2.90. The molecule has 0 radical (unpaired) electrons. The lowest BCUT2D eigenvalue weighted by atomic mass is 10.1. The van der Waals surface area contributed by atoms with Crippen molar-refractivity contribution in [3.05, 3.63) is 21.3 Å². The van der Waals surface area contributed by atoms with Gasteiger partial charge in [-0.05, 0) is 30.2 Å². The lowest BCUT2D eigenvalue weighted by Crippen LogP contribution is -2.28. The van der Waals surface area contributed by atoms with Crippen molar-refractivity contribution in [3.63, 3.8) is 0 Å². The molecule has 1 saturated heterocycles. The maximum Gasteiger partial charge on any atom is 0.265 e. The average molecular weight is 278 g/mol. The van der Waals surface area contributed by atoms with Crippen LogP contribution in [0, 0.1) is 5.92 Å². The second-order valence-corrected chi connectivity index (χ2v) is 5.68. The van der Waals surface area contributed by atoms with Crippen LogP contribution in [0.25, 0.3) is 0 Å². The van der Waals surface area contributed by atoms with Crippen LogP contribution >= 0.6 is 34.5 Å². The predicted molar refractivity (Wildman–Crippen MR) is 68.7 cm³/mol. The Kier molecular flexibility index (Phi) is 4.11. The van der Waals surface area contributed by atoms with Gasteiger partial charge in [0.15, 0.2) is 0 Å². The minimum absolute atomic E-state index is 0.0667. The number of hydrogen-bond acceptors (Lipinski definition) is 2. The summed E-state index contributed by atoms with van der Waals surface area (Å²) in [7, 11) is 0. The van der Waals surface area contributed by atoms with E-state index in [1.54, 1.807) is 6.07 Å². The van der Waals surface area contributed by atoms with E-state index in [-0.39, 0.29) is 5.91 Å². The Balaban J connectivity index is 2.00. The van der Waals surface area contributed by atoms with Crippen LogP contribution < -0.4 is 0 Å². The molecule has 0 bridgehead atoms. The fourth-order valence-corrected chi connectivity index (χ4v) is 3.41. The SMILES string of the molecule is O=C(c1sccc1Cl)N1CCC(CCCl)C1. The molecule has 0 N–H and O–H groups in total. The van der Waals surface area contributed by atoms with Crippen LogP contribution in [-0.4, -0.2) is 29.8 Å². The molecule has 1 aromatic heterocycles. The van der Waals surface area contributed by atoms with E-state index in [1.807, 2.05) is 10.3 Å². The van der Waals surface area contributed by atoms with Gasteiger partial charge in [-0.25, -0.2) is 0 Å². The average Bonchev–Trinajstić information content (AvgIpc) is 2.87. The molecule has 1 aliphatic rings. The number of rotatable bonds is 3. The van der Waals surface area contributed by atoms with Gasteiger partial charge in [0, 0.05) is 19.0 Å². The zero-order valence-electron chi connectivity index (χ0n) is 8.79. The summed E-state index contributed by atoms with van der Waals surface area (Å²) < 4.78 is 0. The maximum atomic E-state index is 12.1. The summed E-state index contributed by atoms with van der Waals surface area (Å²) in [4.78, 5) is 14.6. The third-order valence-corrected chi connectivity index (χ3v) is 4.45. The number of carbonyl (C=O) groups is 1. The Morgan fingerprint density at radius 1 is 1.62 bits per heavy atom. The molecule has 2 nitrogen and oxygen atoms in total. The van der Waals surface area contributed by atoms with E-state index in [4.69, 9.17) is 23.2 Å². The molecule has 5 heteroatoms. The largest absolute Gasteiger partial charge is 0.338 e. The highest BCUT2D eigenvalue weighted by Crippen LogP contribution is 2.27. The van der Waals surface area contributed by atoms with Gasteiger partial charge in [0.2, 0.25) is 0 Å². The molecule has 1 unspecified atom stereocenters. The number of nitrogens with zero attached hydrogens (tertiary/aromatic N) is 1. The highest BCUT2D eigenvalue weighted by Gasteiger charge is 2.27. The van der Waals surface area contributed by atoms with Gasteiger partial charge in [0.1, 0.15) is 4.88 Å². The maximum absolute atomic E-state index is 12.1. The van der Waals surface area contributed by atoms with Crippen LogP contribution in [0.1, 0.15) is 22.5 Å². The fraction of sp³-hybridized carbons (Fsp3) is 0.545. The van der Waals surface area contributed by atoms with Crippen LogP contribution in [0.3, 0.4) is 0 Å². The molecule has 0 spiro atoms. The van der Waals surface area contributed by atoms with Gasteiger partial charge in [-0.1, -0.05) is 11.6 Å². The highest BCUT2D eigenvalue weighted by molar-refractivity contribution is 7.12. The van der Waals surface area contributed by atoms with Gasteiger partial charge in [-0.2, -0.15) is 0 Å². The first-order chi connectivity index (χ1) is 7.72. The first kappa shape index (κ1) is 12.2. The highest BCUT2D eigenvalue weighted by atomic mass is 35.5. The van der Waals surface area contributed by atoms with E-state index in [9.17, 15) is 4.79 Å². The summed E-state index contributed by atoms with van der Waals surface area (Å²) in [6.45, 7) is 1.65. The summed E-state index contributed by atoms with van der Waals surface area (Å²) in [6, 6.07) is 1.77. The quantitative estimate of drug-likeness (QED) is 0.775. The number of amides is 1. The Morgan fingerprint density at radius 2 is 2.44 bits per heavy atom. The van der Waals surface area contributed by atoms with Crippen LogP contribution in [0.15, 0.2) is 11.4 Å². The van der Waals surface area contributed by atoms with Crippen molar-refractivity contribution in [1.82, 2.24) is 4.90 Å². The van der Waals surface area contributed by atoms with Crippen LogP contribution in [-0.2, 0) is 0 Å². The molecule has 2 heterocycles. The molecule has 1 amide bonds. The Hall–Kier alpha value is -0.250. The minimum Gasteiger partial charge on any atom is -0.338 e. The molecule has 0 saturated carbocycles. The smallest absolute Gasteiger partial charge is 0.265 e. The summed E-state index contributed by atoms with van der Waals surface area (Å²) in [6.07, 6.45) is 2.05. The predicted octanol–water partition coefficient (Wildman–Crippen LogP) is 3.49. The number of alkyl halides is 1. The van der Waals surface area contributed by atoms with Gasteiger partial charge in [-0.3, -0.25) is 4.79 Å². The Bertz CT molecular complexity index is 380. The normalized spacial score (nSPS) is 20.4. The molecule has 1 fully saturated rings. The third kappa shape index (κ3) is 2.53. The lowest BCUT2D eigenvalue weighted by Gasteiger charge is -2.15. The first-order valence-corrected chi connectivity index (χ1v) is 7.10. The number of likely N-dealkylation sites (tertiary alicyclic amines) is 1. The molecule has 2 rings (SSSR count). The molecule has 88 valence electrons. The second kappa shape index (κ2) is 5.39. The van der Waals surface area contributed by atoms with E-state index >= 15 is 0 Å². The molecule has 1 atom stereocenters. The Labute approximate surface area is 109 Å². The van der Waals surface area contributed by atoms with Gasteiger partial charge >= 0.3 is 0 Å². The molecule has 1 aromatic rings. The summed E-state index contributed by atoms with van der Waals surface area (Å²) in [5, 5.41) is 2.41. The fourth-order valence-electron chi connectivity index (χ4n) is 2.00. The van der Waals surface area contributed by atoms with E-state index in [2.05, 4.69) is 0 Å². The zero-order chi connectivity index (χ0) is 11.5. The van der Waals surface area contributed by atoms with Crippen molar-refractivity contribution in [2.24, 2.45) is 5.92 Å². The van der Waals surface area contributed by atoms with Crippen molar-refractivity contribution in [2.45, 2.75) is 12.8 Å². The molecular weight excluding hydrogens is 265 g/mol. The minimum atomic E-state index is 0.0667. The van der Waals surface area contributed by atoms with E-state index in [0.29, 0.717) is 21.7 Å². The van der Waals surface area contributed by atoms with Crippen molar-refractivity contribution in [3.8, 4) is 0 Å². The van der Waals surface area contributed by atoms with Gasteiger partial charge in [0.05, 0.1) is 5.02 Å². The molecular formula is C11H13Cl2NOS. The number of thiophene rings is 1. The topological polar surface area (TPSA) is 20.3 Å². The Morgan fingerprint density at radius 3 is 3.06 bits per heavy atom. The molecule has 1 aliphatic heterocycles. The zero-order valence-corrected chi connectivity index (χ0v) is 11.1. The van der Waals surface area contributed by atoms with Gasteiger partial charge in [0.25, 0.3) is 5.91 Å². The summed E-state index contributed by atoms with van der Waals surface area (Å²) in [5.41, 5.74) is 0. The van der Waals surface area contributed by atoms with E-state index < -0.39 is 0 Å². The van der Waals surface area contributed by atoms with E-state index in [0.717, 1.165) is 25.9 Å². The standard InChI is InChI=1S/C11H13Cl2NOS/c12-4-1-8-2-5-14(7-8)11(15)10-9(13)3-6-16-10/h3,6,8H,1-2,4-5,7H2. The number of hydrogen-bond donors (Lipinski definition) is 0. The van der Waals surface area contributed by atoms with Crippen LogP contribution in [0.4, 0.5) is 0 Å². The van der Waals surface area contributed by atoms with Crippen LogP contribution in [0.2, 0.25) is 5.02 Å². The van der Waals surface area contributed by atoms with E-state index in [1.165, 1.54) is 11.3 Å². The van der Waals surface area contributed by atoms with Crippen molar-refractivity contribution >= 4 is 40.4 Å². The van der Waals surface area contributed by atoms with Crippen molar-refractivity contribution in [1.29, 1.82) is 0 Å². The van der Waals surface area contributed by atoms with Gasteiger partial charge in [-0.15, -0.1) is 22.9 Å². The van der Waals surface area contributed by atoms with Crippen molar-refractivity contribution < 1.29 is 4.79 Å². The lowest BCUT2D eigenvalue weighted by molar-refractivity contribution is 0.0792. The number of halogens is 2. The summed E-state index contributed by atoms with van der Waals surface area (Å²) in [5.74, 6) is 1.30. The first-order valence-electron chi connectivity index (χ1n) is 5.30. The molecule has 0 aliphatic carbocycles. The number of carbonyl (C=O) groups excluding carboxylic acids is 1. The molecule has 16 heavy (non-hydrogen) atoms.